The van der Waals surface area contributed by atoms with Crippen molar-refractivity contribution in [1.82, 2.24) is 15.6 Å². The van der Waals surface area contributed by atoms with Crippen molar-refractivity contribution in [2.75, 3.05) is 13.7 Å². The van der Waals surface area contributed by atoms with Gasteiger partial charge in [0, 0.05) is 18.6 Å². The summed E-state index contributed by atoms with van der Waals surface area (Å²) in [5.74, 6) is 0.00838. The number of hydrogen-bond donors (Lipinski definition) is 3. The number of hydrogen-bond acceptors (Lipinski definition) is 7. The number of aryl methyl sites for hydroxylation is 2. The van der Waals surface area contributed by atoms with Gasteiger partial charge in [0.1, 0.15) is 29.7 Å². The first-order valence-corrected chi connectivity index (χ1v) is 9.45. The molecule has 3 rings (SSSR count). The fraction of sp³-hybridized carbons (Fsp3) is 0.316. The molecule has 28 heavy (non-hydrogen) atoms. The van der Waals surface area contributed by atoms with Crippen molar-refractivity contribution >= 4 is 34.1 Å². The molecule has 9 heteroatoms. The summed E-state index contributed by atoms with van der Waals surface area (Å²) in [6, 6.07) is 4.18. The zero-order valence-electron chi connectivity index (χ0n) is 15.7. The number of fused-ring (bicyclic) bond motifs is 1. The molecule has 2 aromatic heterocycles. The lowest BCUT2D eigenvalue weighted by Gasteiger charge is -2.14. The van der Waals surface area contributed by atoms with Crippen LogP contribution < -0.4 is 15.4 Å². The second kappa shape index (κ2) is 8.41. The van der Waals surface area contributed by atoms with E-state index in [0.717, 1.165) is 9.88 Å². The third kappa shape index (κ3) is 4.15. The minimum atomic E-state index is -1.05. The Morgan fingerprint density at radius 2 is 2.14 bits per heavy atom. The number of furan rings is 1. The SMILES string of the molecule is CNC(=O)[C@H](CO)NC(=O)c1c(C)oc2ccc(OCc3cnc(C)s3)cc12. The fourth-order valence-electron chi connectivity index (χ4n) is 2.80. The van der Waals surface area contributed by atoms with Crippen LogP contribution >= 0.6 is 11.3 Å². The second-order valence-electron chi connectivity index (χ2n) is 6.15. The van der Waals surface area contributed by atoms with Gasteiger partial charge < -0.3 is 24.9 Å². The summed E-state index contributed by atoms with van der Waals surface area (Å²) in [4.78, 5) is 29.6. The van der Waals surface area contributed by atoms with Crippen LogP contribution in [0.5, 0.6) is 5.75 Å². The van der Waals surface area contributed by atoms with Crippen molar-refractivity contribution in [2.45, 2.75) is 26.5 Å². The summed E-state index contributed by atoms with van der Waals surface area (Å²) in [6.45, 7) is 3.46. The Labute approximate surface area is 165 Å². The molecule has 3 aromatic rings. The first-order valence-electron chi connectivity index (χ1n) is 8.63. The van der Waals surface area contributed by atoms with Crippen LogP contribution in [0.1, 0.15) is 26.0 Å². The summed E-state index contributed by atoms with van der Waals surface area (Å²) in [7, 11) is 1.43. The number of carbonyl (C=O) groups excluding carboxylic acids is 2. The van der Waals surface area contributed by atoms with Gasteiger partial charge in [-0.1, -0.05) is 0 Å². The van der Waals surface area contributed by atoms with Crippen LogP contribution in [0.25, 0.3) is 11.0 Å². The number of aromatic nitrogens is 1. The Balaban J connectivity index is 1.84. The van der Waals surface area contributed by atoms with Crippen LogP contribution in [0.4, 0.5) is 0 Å². The minimum absolute atomic E-state index is 0.302. The summed E-state index contributed by atoms with van der Waals surface area (Å²) in [5.41, 5.74) is 0.834. The molecule has 0 fully saturated rings. The summed E-state index contributed by atoms with van der Waals surface area (Å²) >= 11 is 1.56. The largest absolute Gasteiger partial charge is 0.488 e. The number of aliphatic hydroxyl groups is 1. The zero-order valence-corrected chi connectivity index (χ0v) is 16.6. The molecular formula is C19H21N3O5S. The molecular weight excluding hydrogens is 382 g/mol. The first-order chi connectivity index (χ1) is 13.4. The standard InChI is InChI=1S/C19H21N3O5S/c1-10-17(19(25)22-15(8-23)18(24)20-3)14-6-12(4-5-16(14)27-10)26-9-13-7-21-11(2)28-13/h4-7,15,23H,8-9H2,1-3H3,(H,20,24)(H,22,25)/t15-/m0/s1. The van der Waals surface area contributed by atoms with Gasteiger partial charge in [-0.3, -0.25) is 9.59 Å². The highest BCUT2D eigenvalue weighted by Gasteiger charge is 2.24. The Hall–Kier alpha value is -2.91. The smallest absolute Gasteiger partial charge is 0.256 e. The van der Waals surface area contributed by atoms with E-state index in [0.29, 0.717) is 34.6 Å². The van der Waals surface area contributed by atoms with Crippen LogP contribution in [-0.2, 0) is 11.4 Å². The number of nitrogens with one attached hydrogen (secondary N) is 2. The van der Waals surface area contributed by atoms with Gasteiger partial charge in [0.2, 0.25) is 5.91 Å². The van der Waals surface area contributed by atoms with Gasteiger partial charge in [0.05, 0.1) is 22.1 Å². The first kappa shape index (κ1) is 19.8. The molecule has 0 aliphatic carbocycles. The van der Waals surface area contributed by atoms with Crippen LogP contribution in [-0.4, -0.2) is 41.6 Å². The van der Waals surface area contributed by atoms with E-state index in [9.17, 15) is 14.7 Å². The number of likely N-dealkylation sites (N-methyl/N-ethyl adjacent to an activating group) is 1. The van der Waals surface area contributed by atoms with Crippen LogP contribution in [0.15, 0.2) is 28.8 Å². The van der Waals surface area contributed by atoms with Gasteiger partial charge >= 0.3 is 0 Å². The van der Waals surface area contributed by atoms with Crippen molar-refractivity contribution in [2.24, 2.45) is 0 Å². The molecule has 1 aromatic carbocycles. The van der Waals surface area contributed by atoms with E-state index in [4.69, 9.17) is 9.15 Å². The number of rotatable bonds is 7. The van der Waals surface area contributed by atoms with E-state index in [1.807, 2.05) is 6.92 Å². The molecule has 0 radical (unpaired) electrons. The summed E-state index contributed by atoms with van der Waals surface area (Å²) in [5, 5.41) is 15.8. The second-order valence-corrected chi connectivity index (χ2v) is 7.47. The highest BCUT2D eigenvalue weighted by molar-refractivity contribution is 7.11. The van der Waals surface area contributed by atoms with Crippen molar-refractivity contribution in [3.05, 3.63) is 45.6 Å². The number of benzene rings is 1. The summed E-state index contributed by atoms with van der Waals surface area (Å²) < 4.78 is 11.5. The van der Waals surface area contributed by atoms with Crippen LogP contribution in [0, 0.1) is 13.8 Å². The summed E-state index contributed by atoms with van der Waals surface area (Å²) in [6.07, 6.45) is 1.77. The number of nitrogens with zero attached hydrogens (tertiary/aromatic N) is 1. The number of thiazole rings is 1. The van der Waals surface area contributed by atoms with E-state index in [-0.39, 0.29) is 0 Å². The average Bonchev–Trinajstić information content (AvgIpc) is 3.25. The molecule has 0 unspecified atom stereocenters. The number of amides is 2. The fourth-order valence-corrected chi connectivity index (χ4v) is 3.50. The average molecular weight is 403 g/mol. The highest BCUT2D eigenvalue weighted by Crippen LogP contribution is 2.29. The molecule has 8 nitrogen and oxygen atoms in total. The van der Waals surface area contributed by atoms with Gasteiger partial charge in [-0.25, -0.2) is 4.98 Å². The molecule has 0 saturated carbocycles. The topological polar surface area (TPSA) is 114 Å². The van der Waals surface area contributed by atoms with Crippen molar-refractivity contribution in [1.29, 1.82) is 0 Å². The Morgan fingerprint density at radius 1 is 1.36 bits per heavy atom. The molecule has 0 spiro atoms. The van der Waals surface area contributed by atoms with E-state index in [1.54, 1.807) is 42.7 Å². The normalized spacial score (nSPS) is 12.0. The van der Waals surface area contributed by atoms with Crippen LogP contribution in [0.2, 0.25) is 0 Å². The van der Waals surface area contributed by atoms with Gasteiger partial charge in [0.25, 0.3) is 5.91 Å². The van der Waals surface area contributed by atoms with Gasteiger partial charge in [-0.15, -0.1) is 11.3 Å². The maximum Gasteiger partial charge on any atom is 0.256 e. The van der Waals surface area contributed by atoms with Crippen molar-refractivity contribution in [3.63, 3.8) is 0 Å². The van der Waals surface area contributed by atoms with E-state index in [1.165, 1.54) is 7.05 Å². The van der Waals surface area contributed by atoms with E-state index < -0.39 is 24.5 Å². The molecule has 148 valence electrons. The lowest BCUT2D eigenvalue weighted by molar-refractivity contribution is -0.123. The minimum Gasteiger partial charge on any atom is -0.488 e. The maximum absolute atomic E-state index is 12.7. The quantitative estimate of drug-likeness (QED) is 0.555. The predicted octanol–water partition coefficient (Wildman–Crippen LogP) is 1.92. The molecule has 0 saturated heterocycles. The molecule has 1 atom stereocenters. The van der Waals surface area contributed by atoms with E-state index in [2.05, 4.69) is 15.6 Å². The monoisotopic (exact) mass is 403 g/mol. The molecule has 2 heterocycles. The van der Waals surface area contributed by atoms with Gasteiger partial charge in [-0.2, -0.15) is 0 Å². The lowest BCUT2D eigenvalue weighted by Crippen LogP contribution is -2.48. The predicted molar refractivity (Wildman–Crippen MR) is 105 cm³/mol. The van der Waals surface area contributed by atoms with Crippen molar-refractivity contribution < 1.29 is 23.8 Å². The third-order valence-electron chi connectivity index (χ3n) is 4.16. The molecule has 0 aliphatic rings. The number of ether oxygens (including phenoxy) is 1. The molecule has 2 amide bonds. The van der Waals surface area contributed by atoms with Crippen molar-refractivity contribution in [3.8, 4) is 5.75 Å². The molecule has 0 bridgehead atoms. The Kier molecular flexibility index (Phi) is 5.96. The number of aliphatic hydroxyl groups excluding tert-OH is 1. The number of carbonyl (C=O) groups is 2. The Morgan fingerprint density at radius 3 is 2.79 bits per heavy atom. The molecule has 3 N–H and O–H groups in total. The van der Waals surface area contributed by atoms with Gasteiger partial charge in [-0.05, 0) is 32.0 Å². The maximum atomic E-state index is 12.7. The van der Waals surface area contributed by atoms with E-state index >= 15 is 0 Å². The molecule has 0 aliphatic heterocycles. The third-order valence-corrected chi connectivity index (χ3v) is 5.05. The zero-order chi connectivity index (χ0) is 20.3. The lowest BCUT2D eigenvalue weighted by atomic mass is 10.1. The highest BCUT2D eigenvalue weighted by atomic mass is 32.1. The van der Waals surface area contributed by atoms with Crippen LogP contribution in [0.3, 0.4) is 0 Å². The Bertz CT molecular complexity index is 1010. The van der Waals surface area contributed by atoms with Gasteiger partial charge in [0.15, 0.2) is 0 Å².